The molecule has 1 atom stereocenters. The fourth-order valence-electron chi connectivity index (χ4n) is 3.97. The number of fused-ring (bicyclic) bond motifs is 1. The summed E-state index contributed by atoms with van der Waals surface area (Å²) in [7, 11) is 0. The van der Waals surface area contributed by atoms with Crippen LogP contribution < -0.4 is 9.80 Å². The Bertz CT molecular complexity index is 911. The number of para-hydroxylation sites is 1. The molecule has 1 unspecified atom stereocenters. The summed E-state index contributed by atoms with van der Waals surface area (Å²) in [6.07, 6.45) is 2.00. The van der Waals surface area contributed by atoms with E-state index in [1.165, 1.54) is 11.9 Å². The quantitative estimate of drug-likeness (QED) is 0.794. The first-order valence-electron chi connectivity index (χ1n) is 9.98. The zero-order chi connectivity index (χ0) is 20.4. The van der Waals surface area contributed by atoms with Crippen LogP contribution in [0.4, 0.5) is 16.3 Å². The van der Waals surface area contributed by atoms with Crippen molar-refractivity contribution in [1.29, 1.82) is 0 Å². The molecule has 1 aromatic heterocycles. The van der Waals surface area contributed by atoms with Crippen molar-refractivity contribution in [3.63, 3.8) is 0 Å². The molecule has 0 spiro atoms. The average molecular weight is 395 g/mol. The molecule has 152 valence electrons. The van der Waals surface area contributed by atoms with Crippen molar-refractivity contribution in [1.82, 2.24) is 14.9 Å². The van der Waals surface area contributed by atoms with E-state index < -0.39 is 0 Å². The monoisotopic (exact) mass is 395 g/mol. The van der Waals surface area contributed by atoms with Gasteiger partial charge in [-0.2, -0.15) is 0 Å². The van der Waals surface area contributed by atoms with E-state index >= 15 is 0 Å². The maximum absolute atomic E-state index is 13.2. The number of hydrogen-bond donors (Lipinski definition) is 0. The number of rotatable bonds is 3. The summed E-state index contributed by atoms with van der Waals surface area (Å²) < 4.78 is 5.06. The molecule has 2 aliphatic rings. The molecule has 0 radical (unpaired) electrons. The predicted molar refractivity (Wildman–Crippen MR) is 109 cm³/mol. The largest absolute Gasteiger partial charge is 0.450 e. The molecule has 1 saturated heterocycles. The van der Waals surface area contributed by atoms with Crippen molar-refractivity contribution in [2.24, 2.45) is 0 Å². The summed E-state index contributed by atoms with van der Waals surface area (Å²) in [5.74, 6) is 0.586. The van der Waals surface area contributed by atoms with Crippen molar-refractivity contribution in [2.75, 3.05) is 42.6 Å². The number of hydrogen-bond acceptors (Lipinski definition) is 6. The van der Waals surface area contributed by atoms with Gasteiger partial charge in [0.15, 0.2) is 0 Å². The molecule has 0 aliphatic carbocycles. The third-order valence-electron chi connectivity index (χ3n) is 5.43. The van der Waals surface area contributed by atoms with E-state index in [2.05, 4.69) is 27.9 Å². The summed E-state index contributed by atoms with van der Waals surface area (Å²) in [5.41, 5.74) is 2.51. The molecular weight excluding hydrogens is 370 g/mol. The topological polar surface area (TPSA) is 78.9 Å². The number of benzene rings is 1. The summed E-state index contributed by atoms with van der Waals surface area (Å²) in [5, 5.41) is 0. The van der Waals surface area contributed by atoms with Crippen LogP contribution in [0.5, 0.6) is 0 Å². The predicted octanol–water partition coefficient (Wildman–Crippen LogP) is 2.35. The zero-order valence-corrected chi connectivity index (χ0v) is 16.7. The van der Waals surface area contributed by atoms with Crippen LogP contribution in [-0.2, 0) is 11.2 Å². The Balaban J connectivity index is 1.49. The molecule has 2 aromatic rings. The minimum Gasteiger partial charge on any atom is -0.450 e. The fraction of sp³-hybridized carbons (Fsp3) is 0.429. The lowest BCUT2D eigenvalue weighted by Crippen LogP contribution is -2.49. The fourth-order valence-corrected chi connectivity index (χ4v) is 3.97. The van der Waals surface area contributed by atoms with Gasteiger partial charge in [-0.25, -0.2) is 14.8 Å². The number of aromatic nitrogens is 2. The number of ether oxygens (including phenoxy) is 1. The lowest BCUT2D eigenvalue weighted by Gasteiger charge is -2.34. The minimum absolute atomic E-state index is 0.0893. The van der Waals surface area contributed by atoms with Crippen molar-refractivity contribution in [2.45, 2.75) is 26.3 Å². The summed E-state index contributed by atoms with van der Waals surface area (Å²) in [6, 6.07) is 9.83. The van der Waals surface area contributed by atoms with Crippen LogP contribution >= 0.6 is 0 Å². The van der Waals surface area contributed by atoms with E-state index in [-0.39, 0.29) is 18.0 Å². The van der Waals surface area contributed by atoms with Crippen LogP contribution in [0.2, 0.25) is 0 Å². The molecule has 0 saturated carbocycles. The number of nitrogens with zero attached hydrogens (tertiary/aromatic N) is 5. The van der Waals surface area contributed by atoms with Crippen molar-refractivity contribution in [3.05, 3.63) is 47.9 Å². The smallest absolute Gasteiger partial charge is 0.409 e. The van der Waals surface area contributed by atoms with E-state index in [1.54, 1.807) is 17.9 Å². The van der Waals surface area contributed by atoms with Gasteiger partial charge in [0, 0.05) is 44.0 Å². The van der Waals surface area contributed by atoms with Gasteiger partial charge in [0.05, 0.1) is 6.61 Å². The van der Waals surface area contributed by atoms with Gasteiger partial charge in [-0.3, -0.25) is 4.79 Å². The highest BCUT2D eigenvalue weighted by atomic mass is 16.6. The summed E-state index contributed by atoms with van der Waals surface area (Å²) in [4.78, 5) is 39.3. The second-order valence-corrected chi connectivity index (χ2v) is 7.29. The molecule has 2 amide bonds. The van der Waals surface area contributed by atoms with E-state index in [9.17, 15) is 9.59 Å². The van der Waals surface area contributed by atoms with E-state index in [0.717, 1.165) is 12.1 Å². The zero-order valence-electron chi connectivity index (χ0n) is 16.7. The second-order valence-electron chi connectivity index (χ2n) is 7.29. The Hall–Kier alpha value is -3.16. The highest BCUT2D eigenvalue weighted by Crippen LogP contribution is 2.33. The van der Waals surface area contributed by atoms with Crippen molar-refractivity contribution < 1.29 is 14.3 Å². The number of carbonyl (C=O) groups is 2. The van der Waals surface area contributed by atoms with Crippen LogP contribution in [0.1, 0.15) is 29.9 Å². The Kier molecular flexibility index (Phi) is 5.33. The van der Waals surface area contributed by atoms with Crippen LogP contribution in [0.25, 0.3) is 0 Å². The standard InChI is InChI=1S/C21H25N5O3/c1-3-29-21(28)25-10-8-24(9-11-25)19-13-17(22-14-23-19)20(27)26-15(2)12-16-6-4-5-7-18(16)26/h4-7,13-15H,3,8-12H2,1-2H3. The molecule has 1 aromatic carbocycles. The Labute approximate surface area is 170 Å². The number of anilines is 2. The van der Waals surface area contributed by atoms with Gasteiger partial charge in [0.2, 0.25) is 0 Å². The summed E-state index contributed by atoms with van der Waals surface area (Å²) in [6.45, 7) is 6.60. The molecule has 8 heteroatoms. The summed E-state index contributed by atoms with van der Waals surface area (Å²) >= 11 is 0. The lowest BCUT2D eigenvalue weighted by atomic mass is 10.1. The van der Waals surface area contributed by atoms with Crippen LogP contribution in [-0.4, -0.2) is 65.7 Å². The highest BCUT2D eigenvalue weighted by molar-refractivity contribution is 6.06. The molecule has 8 nitrogen and oxygen atoms in total. The maximum Gasteiger partial charge on any atom is 0.409 e. The van der Waals surface area contributed by atoms with Gasteiger partial charge < -0.3 is 19.4 Å². The highest BCUT2D eigenvalue weighted by Gasteiger charge is 2.32. The molecule has 3 heterocycles. The van der Waals surface area contributed by atoms with E-state index in [1.807, 2.05) is 23.1 Å². The third kappa shape index (κ3) is 3.74. The molecule has 29 heavy (non-hydrogen) atoms. The van der Waals surface area contributed by atoms with Gasteiger partial charge in [-0.15, -0.1) is 0 Å². The maximum atomic E-state index is 13.2. The normalized spacial score (nSPS) is 18.6. The van der Waals surface area contributed by atoms with Crippen molar-refractivity contribution >= 4 is 23.5 Å². The molecule has 0 N–H and O–H groups in total. The molecule has 0 bridgehead atoms. The number of amides is 2. The SMILES string of the molecule is CCOC(=O)N1CCN(c2cc(C(=O)N3c4ccccc4CC3C)ncn2)CC1. The first kappa shape index (κ1) is 19.2. The molecule has 1 fully saturated rings. The number of piperazine rings is 1. The van der Waals surface area contributed by atoms with Crippen LogP contribution in [0, 0.1) is 0 Å². The molecule has 4 rings (SSSR count). The van der Waals surface area contributed by atoms with Gasteiger partial charge in [-0.1, -0.05) is 18.2 Å². The Morgan fingerprint density at radius 2 is 1.90 bits per heavy atom. The van der Waals surface area contributed by atoms with Crippen LogP contribution in [0.3, 0.4) is 0 Å². The molecule has 2 aliphatic heterocycles. The van der Waals surface area contributed by atoms with E-state index in [0.29, 0.717) is 44.3 Å². The second kappa shape index (κ2) is 8.06. The first-order valence-corrected chi connectivity index (χ1v) is 9.98. The minimum atomic E-state index is -0.285. The van der Waals surface area contributed by atoms with Gasteiger partial charge in [0.25, 0.3) is 5.91 Å². The molecular formula is C21H25N5O3. The average Bonchev–Trinajstić information content (AvgIpc) is 3.09. The van der Waals surface area contributed by atoms with E-state index in [4.69, 9.17) is 4.74 Å². The number of carbonyl (C=O) groups excluding carboxylic acids is 2. The third-order valence-corrected chi connectivity index (χ3v) is 5.43. The van der Waals surface area contributed by atoms with Gasteiger partial charge >= 0.3 is 6.09 Å². The van der Waals surface area contributed by atoms with Crippen LogP contribution in [0.15, 0.2) is 36.7 Å². The van der Waals surface area contributed by atoms with Gasteiger partial charge in [0.1, 0.15) is 17.8 Å². The first-order chi connectivity index (χ1) is 14.1. The lowest BCUT2D eigenvalue weighted by molar-refractivity contribution is 0.0976. The Morgan fingerprint density at radius 1 is 1.14 bits per heavy atom. The van der Waals surface area contributed by atoms with Gasteiger partial charge in [-0.05, 0) is 31.9 Å². The Morgan fingerprint density at radius 3 is 2.66 bits per heavy atom. The van der Waals surface area contributed by atoms with Crippen molar-refractivity contribution in [3.8, 4) is 0 Å².